The Morgan fingerprint density at radius 1 is 0.762 bits per heavy atom. The average molecular weight is 591 g/mol. The van der Waals surface area contributed by atoms with Crippen molar-refractivity contribution < 1.29 is 28.5 Å². The molecular formula is C32H54N4O6. The Morgan fingerprint density at radius 2 is 1.21 bits per heavy atom. The van der Waals surface area contributed by atoms with E-state index in [-0.39, 0.29) is 18.3 Å². The Labute approximate surface area is 252 Å². The summed E-state index contributed by atoms with van der Waals surface area (Å²) >= 11 is 0. The van der Waals surface area contributed by atoms with Crippen molar-refractivity contribution in [3.63, 3.8) is 0 Å². The molecule has 0 atom stereocenters. The molecule has 0 spiro atoms. The van der Waals surface area contributed by atoms with Gasteiger partial charge >= 0.3 is 12.2 Å². The van der Waals surface area contributed by atoms with Gasteiger partial charge in [-0.3, -0.25) is 4.98 Å². The zero-order valence-corrected chi connectivity index (χ0v) is 26.7. The van der Waals surface area contributed by atoms with E-state index in [1.165, 1.54) is 12.8 Å². The highest BCUT2D eigenvalue weighted by Gasteiger charge is 2.28. The molecule has 1 aromatic heterocycles. The molecule has 3 saturated heterocycles. The molecular weight excluding hydrogens is 536 g/mol. The van der Waals surface area contributed by atoms with Crippen LogP contribution in [0.4, 0.5) is 9.59 Å². The Hall–Kier alpha value is -2.43. The van der Waals surface area contributed by atoms with Crippen LogP contribution in [-0.2, 0) is 25.6 Å². The van der Waals surface area contributed by atoms with E-state index in [9.17, 15) is 9.59 Å². The van der Waals surface area contributed by atoms with Gasteiger partial charge in [0.25, 0.3) is 0 Å². The minimum absolute atomic E-state index is 0.195. The van der Waals surface area contributed by atoms with E-state index in [2.05, 4.69) is 10.3 Å². The summed E-state index contributed by atoms with van der Waals surface area (Å²) in [5, 5.41) is 3.38. The maximum Gasteiger partial charge on any atom is 0.410 e. The average Bonchev–Trinajstić information content (AvgIpc) is 2.95. The van der Waals surface area contributed by atoms with E-state index >= 15 is 0 Å². The first-order valence-corrected chi connectivity index (χ1v) is 15.7. The maximum absolute atomic E-state index is 12.0. The molecule has 238 valence electrons. The number of rotatable bonds is 6. The lowest BCUT2D eigenvalue weighted by Gasteiger charge is -2.34. The standard InChI is InChI=1S/C16H30N2O3.C16H24N2O3/c2*1-16(2,3)21-15(19)18-10-6-14(7-11-18)20-12-13-4-8-17-9-5-13/h13-14,17H,4-12H2,1-3H3;4-5,8-9,14H,6-7,10-12H2,1-3H3. The molecule has 0 aliphatic carbocycles. The molecule has 3 aliphatic heterocycles. The Bertz CT molecular complexity index is 927. The number of carbonyl (C=O) groups excluding carboxylic acids is 2. The van der Waals surface area contributed by atoms with Gasteiger partial charge in [0.15, 0.2) is 0 Å². The number of amides is 2. The molecule has 42 heavy (non-hydrogen) atoms. The van der Waals surface area contributed by atoms with E-state index in [0.717, 1.165) is 64.0 Å². The van der Waals surface area contributed by atoms with Gasteiger partial charge in [-0.25, -0.2) is 9.59 Å². The molecule has 0 bridgehead atoms. The minimum Gasteiger partial charge on any atom is -0.444 e. The first kappa shape index (κ1) is 34.1. The van der Waals surface area contributed by atoms with E-state index in [4.69, 9.17) is 18.9 Å². The number of pyridine rings is 1. The van der Waals surface area contributed by atoms with Gasteiger partial charge in [0.05, 0.1) is 18.8 Å². The summed E-state index contributed by atoms with van der Waals surface area (Å²) in [5.74, 6) is 0.704. The van der Waals surface area contributed by atoms with Crippen LogP contribution in [0.1, 0.15) is 85.6 Å². The van der Waals surface area contributed by atoms with Gasteiger partial charge in [0.1, 0.15) is 11.2 Å². The third kappa shape index (κ3) is 13.3. The second kappa shape index (κ2) is 16.4. The molecule has 3 aliphatic rings. The zero-order chi connectivity index (χ0) is 30.6. The maximum atomic E-state index is 12.0. The Balaban J connectivity index is 0.000000230. The Kier molecular flexibility index (Phi) is 13.3. The topological polar surface area (TPSA) is 102 Å². The molecule has 1 N–H and O–H groups in total. The summed E-state index contributed by atoms with van der Waals surface area (Å²) in [4.78, 5) is 31.5. The lowest BCUT2D eigenvalue weighted by Crippen LogP contribution is -2.43. The summed E-state index contributed by atoms with van der Waals surface area (Å²) in [6, 6.07) is 3.91. The number of hydrogen-bond acceptors (Lipinski definition) is 8. The molecule has 0 unspecified atom stereocenters. The van der Waals surface area contributed by atoms with Crippen molar-refractivity contribution in [1.29, 1.82) is 0 Å². The van der Waals surface area contributed by atoms with Gasteiger partial charge in [-0.1, -0.05) is 0 Å². The summed E-state index contributed by atoms with van der Waals surface area (Å²) < 4.78 is 22.7. The largest absolute Gasteiger partial charge is 0.444 e. The van der Waals surface area contributed by atoms with Gasteiger partial charge in [-0.05, 0) is 117 Å². The monoisotopic (exact) mass is 590 g/mol. The summed E-state index contributed by atoms with van der Waals surface area (Å²) in [7, 11) is 0. The first-order valence-electron chi connectivity index (χ1n) is 15.7. The van der Waals surface area contributed by atoms with Crippen LogP contribution < -0.4 is 5.32 Å². The number of hydrogen-bond donors (Lipinski definition) is 1. The van der Waals surface area contributed by atoms with Gasteiger partial charge < -0.3 is 34.1 Å². The summed E-state index contributed by atoms with van der Waals surface area (Å²) in [5.41, 5.74) is 0.269. The predicted molar refractivity (Wildman–Crippen MR) is 162 cm³/mol. The van der Waals surface area contributed by atoms with Crippen molar-refractivity contribution in [3.05, 3.63) is 30.1 Å². The molecule has 10 heteroatoms. The fraction of sp³-hybridized carbons (Fsp3) is 0.781. The molecule has 2 amide bonds. The van der Waals surface area contributed by atoms with Crippen molar-refractivity contribution >= 4 is 12.2 Å². The molecule has 4 rings (SSSR count). The van der Waals surface area contributed by atoms with Gasteiger partial charge in [0, 0.05) is 45.2 Å². The fourth-order valence-corrected chi connectivity index (χ4v) is 5.08. The molecule has 0 saturated carbocycles. The van der Waals surface area contributed by atoms with Crippen LogP contribution in [0.15, 0.2) is 24.5 Å². The van der Waals surface area contributed by atoms with Crippen LogP contribution in [0.25, 0.3) is 0 Å². The van der Waals surface area contributed by atoms with Crippen LogP contribution in [0.3, 0.4) is 0 Å². The molecule has 4 heterocycles. The van der Waals surface area contributed by atoms with Crippen molar-refractivity contribution in [3.8, 4) is 0 Å². The number of aromatic nitrogens is 1. The highest BCUT2D eigenvalue weighted by Crippen LogP contribution is 2.21. The number of carbonyl (C=O) groups is 2. The number of ether oxygens (including phenoxy) is 4. The van der Waals surface area contributed by atoms with Gasteiger partial charge in [-0.2, -0.15) is 0 Å². The van der Waals surface area contributed by atoms with Crippen molar-refractivity contribution in [2.75, 3.05) is 45.9 Å². The highest BCUT2D eigenvalue weighted by atomic mass is 16.6. The molecule has 1 aromatic rings. The van der Waals surface area contributed by atoms with Gasteiger partial charge in [0.2, 0.25) is 0 Å². The normalized spacial score (nSPS) is 19.6. The van der Waals surface area contributed by atoms with Crippen molar-refractivity contribution in [1.82, 2.24) is 20.1 Å². The second-order valence-corrected chi connectivity index (χ2v) is 13.5. The third-order valence-corrected chi connectivity index (χ3v) is 7.45. The minimum atomic E-state index is -0.439. The SMILES string of the molecule is CC(C)(C)OC(=O)N1CCC(OCC2CCNCC2)CC1.CC(C)(C)OC(=O)N1CCC(OCc2ccncc2)CC1. The highest BCUT2D eigenvalue weighted by molar-refractivity contribution is 5.68. The lowest BCUT2D eigenvalue weighted by atomic mass is 9.99. The van der Waals surface area contributed by atoms with E-state index < -0.39 is 11.2 Å². The number of nitrogens with one attached hydrogen (secondary N) is 1. The van der Waals surface area contributed by atoms with E-state index in [1.54, 1.807) is 22.2 Å². The lowest BCUT2D eigenvalue weighted by molar-refractivity contribution is -0.0236. The van der Waals surface area contributed by atoms with Gasteiger partial charge in [-0.15, -0.1) is 0 Å². The van der Waals surface area contributed by atoms with Crippen molar-refractivity contribution in [2.45, 2.75) is 110 Å². The van der Waals surface area contributed by atoms with E-state index in [1.807, 2.05) is 53.7 Å². The molecule has 0 radical (unpaired) electrons. The van der Waals surface area contributed by atoms with Crippen LogP contribution >= 0.6 is 0 Å². The smallest absolute Gasteiger partial charge is 0.410 e. The van der Waals surface area contributed by atoms with E-state index in [0.29, 0.717) is 31.7 Å². The summed E-state index contributed by atoms with van der Waals surface area (Å²) in [6.45, 7) is 17.9. The van der Waals surface area contributed by atoms with Crippen LogP contribution in [0.2, 0.25) is 0 Å². The molecule has 3 fully saturated rings. The first-order chi connectivity index (χ1) is 19.9. The predicted octanol–water partition coefficient (Wildman–Crippen LogP) is 5.40. The second-order valence-electron chi connectivity index (χ2n) is 13.5. The van der Waals surface area contributed by atoms with Crippen LogP contribution in [-0.4, -0.2) is 96.3 Å². The summed E-state index contributed by atoms with van der Waals surface area (Å²) in [6.07, 6.45) is 9.61. The molecule has 10 nitrogen and oxygen atoms in total. The fourth-order valence-electron chi connectivity index (χ4n) is 5.08. The zero-order valence-electron chi connectivity index (χ0n) is 26.7. The Morgan fingerprint density at radius 3 is 1.67 bits per heavy atom. The quantitative estimate of drug-likeness (QED) is 0.470. The molecule has 0 aromatic carbocycles. The third-order valence-electron chi connectivity index (χ3n) is 7.45. The number of nitrogens with zero attached hydrogens (tertiary/aromatic N) is 3. The number of likely N-dealkylation sites (tertiary alicyclic amines) is 2. The van der Waals surface area contributed by atoms with Crippen LogP contribution in [0.5, 0.6) is 0 Å². The number of piperidine rings is 3. The van der Waals surface area contributed by atoms with Crippen molar-refractivity contribution in [2.24, 2.45) is 5.92 Å². The van der Waals surface area contributed by atoms with Crippen LogP contribution in [0, 0.1) is 5.92 Å².